The molecule has 250 valence electrons. The molecule has 3 fully saturated rings. The predicted octanol–water partition coefficient (Wildman–Crippen LogP) is 1.92. The number of hydrogen-bond donors (Lipinski definition) is 5. The van der Waals surface area contributed by atoms with Gasteiger partial charge in [0, 0.05) is 19.4 Å². The SMILES string of the molecule is CC(=O)OC(C)C=CC(=O)N[C@@H]1C[C@H](C)[C@H](C/C=C(C)/C=C/[C@H]2O[C@H](CC(=O)NC(=N)NC(=O)CBr)C[C@@]3(CO3)[C@@H]2O)O[C@@H]1C. The van der Waals surface area contributed by atoms with Gasteiger partial charge < -0.3 is 29.4 Å². The first-order valence-corrected chi connectivity index (χ1v) is 16.2. The summed E-state index contributed by atoms with van der Waals surface area (Å²) in [6, 6.07) is -0.155. The topological polar surface area (TPSA) is 189 Å². The maximum atomic E-state index is 12.4. The zero-order valence-electron chi connectivity index (χ0n) is 26.3. The maximum Gasteiger partial charge on any atom is 0.303 e. The number of ether oxygens (including phenoxy) is 4. The molecule has 3 rings (SSSR count). The zero-order chi connectivity index (χ0) is 33.3. The van der Waals surface area contributed by atoms with Crippen LogP contribution in [0, 0.1) is 11.3 Å². The number of nitrogens with one attached hydrogen (secondary N) is 4. The maximum absolute atomic E-state index is 12.4. The van der Waals surface area contributed by atoms with Crippen molar-refractivity contribution in [1.29, 1.82) is 5.41 Å². The van der Waals surface area contributed by atoms with Crippen molar-refractivity contribution in [2.45, 2.75) is 109 Å². The highest BCUT2D eigenvalue weighted by molar-refractivity contribution is 9.09. The summed E-state index contributed by atoms with van der Waals surface area (Å²) in [5, 5.41) is 26.2. The Kier molecular flexibility index (Phi) is 13.5. The van der Waals surface area contributed by atoms with E-state index in [0.717, 1.165) is 12.0 Å². The lowest BCUT2D eigenvalue weighted by Crippen LogP contribution is -2.51. The molecule has 3 heterocycles. The van der Waals surface area contributed by atoms with Crippen LogP contribution >= 0.6 is 15.9 Å². The van der Waals surface area contributed by atoms with Crippen LogP contribution in [0.3, 0.4) is 0 Å². The van der Waals surface area contributed by atoms with Crippen LogP contribution in [0.1, 0.15) is 60.3 Å². The number of halogens is 1. The number of amides is 3. The standard InChI is InChI=1S/C31H45BrN4O9/c1-17(6-9-24-18(2)12-23(20(4)44-24)34-26(38)11-8-19(3)43-21(5)37)7-10-25-29(41)31(16-42-31)14-22(45-25)13-27(39)35-30(33)36-28(40)15-32/h6-8,10-11,18-20,22-25,29,41H,9,12-16H2,1-5H3,(H,34,38)(H3,33,35,36,39,40)/b10-7+,11-8?,17-6+/t18-,19?,20+,22+,23+,24-,25+,29+,31+/m0/s1. The Labute approximate surface area is 272 Å². The molecule has 0 aliphatic carbocycles. The van der Waals surface area contributed by atoms with Crippen molar-refractivity contribution in [3.63, 3.8) is 0 Å². The summed E-state index contributed by atoms with van der Waals surface area (Å²) < 4.78 is 22.9. The third-order valence-electron chi connectivity index (χ3n) is 7.99. The highest BCUT2D eigenvalue weighted by Crippen LogP contribution is 2.43. The number of aliphatic hydroxyl groups excluding tert-OH is 1. The molecule has 13 nitrogen and oxygen atoms in total. The van der Waals surface area contributed by atoms with E-state index in [9.17, 15) is 24.3 Å². The van der Waals surface area contributed by atoms with Crippen molar-refractivity contribution < 1.29 is 43.2 Å². The van der Waals surface area contributed by atoms with Gasteiger partial charge >= 0.3 is 5.97 Å². The molecule has 1 spiro atoms. The third-order valence-corrected chi connectivity index (χ3v) is 8.50. The van der Waals surface area contributed by atoms with E-state index in [0.29, 0.717) is 19.4 Å². The fourth-order valence-electron chi connectivity index (χ4n) is 5.49. The number of esters is 1. The molecule has 0 bridgehead atoms. The summed E-state index contributed by atoms with van der Waals surface area (Å²) >= 11 is 2.98. The van der Waals surface area contributed by atoms with Crippen LogP contribution in [-0.4, -0.2) is 95.0 Å². The summed E-state index contributed by atoms with van der Waals surface area (Å²) in [5.74, 6) is -1.87. The first-order valence-electron chi connectivity index (χ1n) is 15.1. The largest absolute Gasteiger partial charge is 0.459 e. The Morgan fingerprint density at radius 2 is 1.82 bits per heavy atom. The van der Waals surface area contributed by atoms with Crippen LogP contribution in [-0.2, 0) is 38.1 Å². The Bertz CT molecular complexity index is 1200. The number of hydrogen-bond acceptors (Lipinski definition) is 10. The fourth-order valence-corrected chi connectivity index (χ4v) is 5.63. The summed E-state index contributed by atoms with van der Waals surface area (Å²) in [7, 11) is 0. The van der Waals surface area contributed by atoms with Gasteiger partial charge in [0.1, 0.15) is 23.9 Å². The van der Waals surface area contributed by atoms with Crippen molar-refractivity contribution in [2.75, 3.05) is 11.9 Å². The van der Waals surface area contributed by atoms with Gasteiger partial charge in [0.2, 0.25) is 23.7 Å². The van der Waals surface area contributed by atoms with Crippen molar-refractivity contribution >= 4 is 45.6 Å². The Hall–Kier alpha value is -2.91. The molecule has 14 heteroatoms. The number of rotatable bonds is 11. The molecule has 0 aromatic rings. The summed E-state index contributed by atoms with van der Waals surface area (Å²) in [6.45, 7) is 9.33. The van der Waals surface area contributed by atoms with E-state index < -0.39 is 53.8 Å². The van der Waals surface area contributed by atoms with Gasteiger partial charge in [-0.15, -0.1) is 0 Å². The average Bonchev–Trinajstić information content (AvgIpc) is 3.73. The number of epoxide rings is 1. The summed E-state index contributed by atoms with van der Waals surface area (Å²) in [6.07, 6.45) is 7.38. The second kappa shape index (κ2) is 16.6. The fraction of sp³-hybridized carbons (Fsp3) is 0.645. The minimum atomic E-state index is -0.896. The first-order chi connectivity index (χ1) is 21.2. The quantitative estimate of drug-likeness (QED) is 0.0409. The number of guanidine groups is 1. The van der Waals surface area contributed by atoms with Gasteiger partial charge in [-0.1, -0.05) is 46.7 Å². The number of allylic oxidation sites excluding steroid dienone is 2. The minimum absolute atomic E-state index is 0.00225. The van der Waals surface area contributed by atoms with Crippen LogP contribution < -0.4 is 16.0 Å². The van der Waals surface area contributed by atoms with Gasteiger partial charge in [-0.25, -0.2) is 0 Å². The van der Waals surface area contributed by atoms with Gasteiger partial charge in [-0.3, -0.25) is 35.2 Å². The third kappa shape index (κ3) is 11.4. The van der Waals surface area contributed by atoms with E-state index in [4.69, 9.17) is 24.4 Å². The van der Waals surface area contributed by atoms with Crippen molar-refractivity contribution in [2.24, 2.45) is 5.92 Å². The molecule has 0 aromatic heterocycles. The molecule has 0 radical (unpaired) electrons. The minimum Gasteiger partial charge on any atom is -0.459 e. The second-order valence-corrected chi connectivity index (χ2v) is 12.5. The lowest BCUT2D eigenvalue weighted by atomic mass is 9.87. The van der Waals surface area contributed by atoms with Crippen LogP contribution in [0.4, 0.5) is 0 Å². The number of aliphatic hydroxyl groups is 1. The Morgan fingerprint density at radius 3 is 2.47 bits per heavy atom. The molecule has 3 amide bonds. The number of carbonyl (C=O) groups excluding carboxylic acids is 4. The van der Waals surface area contributed by atoms with Crippen molar-refractivity contribution in [1.82, 2.24) is 16.0 Å². The van der Waals surface area contributed by atoms with Gasteiger partial charge in [-0.2, -0.15) is 0 Å². The number of carbonyl (C=O) groups is 4. The lowest BCUT2D eigenvalue weighted by Gasteiger charge is -2.39. The molecule has 9 atom stereocenters. The highest BCUT2D eigenvalue weighted by atomic mass is 79.9. The molecule has 0 aromatic carbocycles. The molecule has 45 heavy (non-hydrogen) atoms. The molecule has 1 unspecified atom stereocenters. The van der Waals surface area contributed by atoms with Crippen LogP contribution in [0.15, 0.2) is 36.0 Å². The Balaban J connectivity index is 1.50. The number of alkyl halides is 1. The van der Waals surface area contributed by atoms with E-state index >= 15 is 0 Å². The van der Waals surface area contributed by atoms with Crippen LogP contribution in [0.2, 0.25) is 0 Å². The monoisotopic (exact) mass is 696 g/mol. The van der Waals surface area contributed by atoms with Crippen molar-refractivity contribution in [3.8, 4) is 0 Å². The van der Waals surface area contributed by atoms with Crippen LogP contribution in [0.25, 0.3) is 0 Å². The first kappa shape index (κ1) is 36.6. The van der Waals surface area contributed by atoms with Gasteiger partial charge in [0.25, 0.3) is 0 Å². The normalized spacial score (nSPS) is 32.2. The second-order valence-electron chi connectivity index (χ2n) is 12.0. The van der Waals surface area contributed by atoms with E-state index in [-0.39, 0.29) is 41.8 Å². The predicted molar refractivity (Wildman–Crippen MR) is 168 cm³/mol. The van der Waals surface area contributed by atoms with Crippen LogP contribution in [0.5, 0.6) is 0 Å². The van der Waals surface area contributed by atoms with Gasteiger partial charge in [0.05, 0.1) is 42.7 Å². The smallest absolute Gasteiger partial charge is 0.303 e. The van der Waals surface area contributed by atoms with E-state index in [2.05, 4.69) is 44.9 Å². The average molecular weight is 698 g/mol. The van der Waals surface area contributed by atoms with E-state index in [1.807, 2.05) is 19.9 Å². The molecule has 3 aliphatic rings. The van der Waals surface area contributed by atoms with Gasteiger partial charge in [-0.05, 0) is 45.6 Å². The van der Waals surface area contributed by atoms with E-state index in [1.165, 1.54) is 19.1 Å². The molecule has 0 saturated carbocycles. The van der Waals surface area contributed by atoms with E-state index in [1.54, 1.807) is 13.0 Å². The van der Waals surface area contributed by atoms with Crippen molar-refractivity contribution in [3.05, 3.63) is 36.0 Å². The molecule has 3 saturated heterocycles. The summed E-state index contributed by atoms with van der Waals surface area (Å²) in [5.41, 5.74) is 0.176. The molecular formula is C31H45BrN4O9. The van der Waals surface area contributed by atoms with Gasteiger partial charge in [0.15, 0.2) is 0 Å². The lowest BCUT2D eigenvalue weighted by molar-refractivity contribution is -0.145. The Morgan fingerprint density at radius 1 is 1.13 bits per heavy atom. The highest BCUT2D eigenvalue weighted by Gasteiger charge is 2.58. The zero-order valence-corrected chi connectivity index (χ0v) is 27.9. The molecule has 3 aliphatic heterocycles. The molecule has 5 N–H and O–H groups in total. The summed E-state index contributed by atoms with van der Waals surface area (Å²) in [4.78, 5) is 47.3. The molecular weight excluding hydrogens is 652 g/mol.